The van der Waals surface area contributed by atoms with Gasteiger partial charge in [-0.15, -0.1) is 0 Å². The molecule has 5 nitrogen and oxygen atoms in total. The van der Waals surface area contributed by atoms with Crippen LogP contribution in [0.3, 0.4) is 0 Å². The number of amides is 1. The second kappa shape index (κ2) is 7.15. The number of rotatable bonds is 5. The standard InChI is InChI=1S/C20H21NO4/c22-20(19-11-14-5-1-2-9-18(14)25-19)21-15-6-3-7-16(12-15)24-13-17-8-4-10-23-17/h1-3,5-7,9,12,17,19H,4,8,10-11,13H2,(H,21,22). The van der Waals surface area contributed by atoms with E-state index in [1.165, 1.54) is 0 Å². The molecular weight excluding hydrogens is 318 g/mol. The van der Waals surface area contributed by atoms with Crippen molar-refractivity contribution in [1.82, 2.24) is 0 Å². The first kappa shape index (κ1) is 16.0. The molecule has 0 aliphatic carbocycles. The van der Waals surface area contributed by atoms with Gasteiger partial charge in [-0.05, 0) is 36.6 Å². The highest BCUT2D eigenvalue weighted by Crippen LogP contribution is 2.29. The van der Waals surface area contributed by atoms with E-state index < -0.39 is 6.10 Å². The number of benzene rings is 2. The van der Waals surface area contributed by atoms with E-state index in [9.17, 15) is 4.79 Å². The zero-order valence-corrected chi connectivity index (χ0v) is 13.9. The molecule has 0 spiro atoms. The quantitative estimate of drug-likeness (QED) is 0.909. The van der Waals surface area contributed by atoms with Gasteiger partial charge >= 0.3 is 0 Å². The van der Waals surface area contributed by atoms with Gasteiger partial charge in [0.25, 0.3) is 5.91 Å². The predicted molar refractivity (Wildman–Crippen MR) is 94.1 cm³/mol. The summed E-state index contributed by atoms with van der Waals surface area (Å²) in [5.74, 6) is 1.37. The van der Waals surface area contributed by atoms with Crippen molar-refractivity contribution in [2.24, 2.45) is 0 Å². The smallest absolute Gasteiger partial charge is 0.265 e. The number of anilines is 1. The first-order valence-corrected chi connectivity index (χ1v) is 8.68. The van der Waals surface area contributed by atoms with Crippen molar-refractivity contribution in [3.63, 3.8) is 0 Å². The Hall–Kier alpha value is -2.53. The van der Waals surface area contributed by atoms with Gasteiger partial charge in [0, 0.05) is 24.8 Å². The summed E-state index contributed by atoms with van der Waals surface area (Å²) in [5.41, 5.74) is 1.77. The molecule has 2 heterocycles. The average Bonchev–Trinajstić information content (AvgIpc) is 3.29. The van der Waals surface area contributed by atoms with E-state index in [1.54, 1.807) is 0 Å². The molecule has 1 saturated heterocycles. The highest BCUT2D eigenvalue weighted by Gasteiger charge is 2.28. The number of hydrogen-bond acceptors (Lipinski definition) is 4. The third kappa shape index (κ3) is 3.77. The number of para-hydroxylation sites is 1. The summed E-state index contributed by atoms with van der Waals surface area (Å²) in [5, 5.41) is 2.91. The Morgan fingerprint density at radius 2 is 2.12 bits per heavy atom. The fourth-order valence-electron chi connectivity index (χ4n) is 3.18. The summed E-state index contributed by atoms with van der Waals surface area (Å²) >= 11 is 0. The van der Waals surface area contributed by atoms with Crippen LogP contribution in [0.5, 0.6) is 11.5 Å². The molecule has 2 aliphatic heterocycles. The summed E-state index contributed by atoms with van der Waals surface area (Å²) < 4.78 is 17.1. The highest BCUT2D eigenvalue weighted by atomic mass is 16.5. The molecule has 2 aromatic rings. The summed E-state index contributed by atoms with van der Waals surface area (Å²) in [7, 11) is 0. The number of hydrogen-bond donors (Lipinski definition) is 1. The molecule has 2 unspecified atom stereocenters. The van der Waals surface area contributed by atoms with Crippen molar-refractivity contribution in [3.8, 4) is 11.5 Å². The van der Waals surface area contributed by atoms with Crippen LogP contribution in [-0.2, 0) is 16.0 Å². The van der Waals surface area contributed by atoms with E-state index >= 15 is 0 Å². The van der Waals surface area contributed by atoms with Gasteiger partial charge in [-0.2, -0.15) is 0 Å². The lowest BCUT2D eigenvalue weighted by atomic mass is 10.1. The van der Waals surface area contributed by atoms with Crippen LogP contribution in [0.4, 0.5) is 5.69 Å². The van der Waals surface area contributed by atoms with Crippen molar-refractivity contribution in [2.75, 3.05) is 18.5 Å². The van der Waals surface area contributed by atoms with Gasteiger partial charge in [0.15, 0.2) is 6.10 Å². The second-order valence-electron chi connectivity index (χ2n) is 6.38. The number of ether oxygens (including phenoxy) is 3. The monoisotopic (exact) mass is 339 g/mol. The number of carbonyl (C=O) groups excluding carboxylic acids is 1. The summed E-state index contributed by atoms with van der Waals surface area (Å²) in [6.07, 6.45) is 2.40. The molecule has 0 aromatic heterocycles. The lowest BCUT2D eigenvalue weighted by Gasteiger charge is -2.14. The molecule has 5 heteroatoms. The molecule has 25 heavy (non-hydrogen) atoms. The van der Waals surface area contributed by atoms with Crippen LogP contribution in [0, 0.1) is 0 Å². The van der Waals surface area contributed by atoms with Crippen molar-refractivity contribution >= 4 is 11.6 Å². The molecule has 0 bridgehead atoms. The van der Waals surface area contributed by atoms with E-state index in [-0.39, 0.29) is 12.0 Å². The van der Waals surface area contributed by atoms with Crippen molar-refractivity contribution in [2.45, 2.75) is 31.5 Å². The molecule has 2 atom stereocenters. The zero-order valence-electron chi connectivity index (χ0n) is 13.9. The Morgan fingerprint density at radius 1 is 1.20 bits per heavy atom. The second-order valence-corrected chi connectivity index (χ2v) is 6.38. The number of fused-ring (bicyclic) bond motifs is 1. The predicted octanol–water partition coefficient (Wildman–Crippen LogP) is 3.19. The van der Waals surface area contributed by atoms with Crippen LogP contribution in [0.25, 0.3) is 0 Å². The third-order valence-electron chi connectivity index (χ3n) is 4.50. The van der Waals surface area contributed by atoms with Crippen molar-refractivity contribution < 1.29 is 19.0 Å². The van der Waals surface area contributed by atoms with Gasteiger partial charge in [-0.3, -0.25) is 4.79 Å². The van der Waals surface area contributed by atoms with Gasteiger partial charge in [0.1, 0.15) is 18.1 Å². The van der Waals surface area contributed by atoms with Gasteiger partial charge in [-0.1, -0.05) is 24.3 Å². The Morgan fingerprint density at radius 3 is 2.96 bits per heavy atom. The lowest BCUT2D eigenvalue weighted by Crippen LogP contribution is -2.31. The molecule has 0 saturated carbocycles. The summed E-state index contributed by atoms with van der Waals surface area (Å²) in [6, 6.07) is 15.2. The molecule has 2 aromatic carbocycles. The van der Waals surface area contributed by atoms with E-state index in [0.29, 0.717) is 18.7 Å². The average molecular weight is 339 g/mol. The van der Waals surface area contributed by atoms with Crippen LogP contribution in [0.1, 0.15) is 18.4 Å². The normalized spacial score (nSPS) is 21.4. The van der Waals surface area contributed by atoms with Crippen molar-refractivity contribution in [1.29, 1.82) is 0 Å². The van der Waals surface area contributed by atoms with Crippen molar-refractivity contribution in [3.05, 3.63) is 54.1 Å². The maximum atomic E-state index is 12.5. The SMILES string of the molecule is O=C(Nc1cccc(OCC2CCCO2)c1)C1Cc2ccccc2O1. The highest BCUT2D eigenvalue weighted by molar-refractivity contribution is 5.95. The van der Waals surface area contributed by atoms with Crippen LogP contribution in [0.2, 0.25) is 0 Å². The molecular formula is C20H21NO4. The minimum absolute atomic E-state index is 0.146. The maximum absolute atomic E-state index is 12.5. The van der Waals surface area contributed by atoms with Crippen LogP contribution in [0.15, 0.2) is 48.5 Å². The number of nitrogens with one attached hydrogen (secondary N) is 1. The van der Waals surface area contributed by atoms with Gasteiger partial charge in [-0.25, -0.2) is 0 Å². The first-order chi connectivity index (χ1) is 12.3. The van der Waals surface area contributed by atoms with E-state index in [4.69, 9.17) is 14.2 Å². The molecule has 1 amide bonds. The lowest BCUT2D eigenvalue weighted by molar-refractivity contribution is -0.122. The van der Waals surface area contributed by atoms with Gasteiger partial charge in [0.2, 0.25) is 0 Å². The maximum Gasteiger partial charge on any atom is 0.265 e. The van der Waals surface area contributed by atoms with E-state index in [0.717, 1.165) is 36.5 Å². The minimum Gasteiger partial charge on any atom is -0.491 e. The molecule has 1 N–H and O–H groups in total. The third-order valence-corrected chi connectivity index (χ3v) is 4.50. The molecule has 2 aliphatic rings. The Balaban J connectivity index is 1.34. The van der Waals surface area contributed by atoms with Crippen LogP contribution in [-0.4, -0.2) is 31.3 Å². The Bertz CT molecular complexity index is 730. The molecule has 130 valence electrons. The fourth-order valence-corrected chi connectivity index (χ4v) is 3.18. The molecule has 1 fully saturated rings. The first-order valence-electron chi connectivity index (χ1n) is 8.68. The number of carbonyl (C=O) groups is 1. The largest absolute Gasteiger partial charge is 0.491 e. The van der Waals surface area contributed by atoms with Gasteiger partial charge < -0.3 is 19.5 Å². The van der Waals surface area contributed by atoms with Gasteiger partial charge in [0.05, 0.1) is 6.10 Å². The Labute approximate surface area is 146 Å². The fraction of sp³-hybridized carbons (Fsp3) is 0.350. The van der Waals surface area contributed by atoms with Crippen LogP contribution >= 0.6 is 0 Å². The summed E-state index contributed by atoms with van der Waals surface area (Å²) in [6.45, 7) is 1.35. The molecule has 4 rings (SSSR count). The van der Waals surface area contributed by atoms with E-state index in [1.807, 2.05) is 48.5 Å². The summed E-state index contributed by atoms with van der Waals surface area (Å²) in [4.78, 5) is 12.5. The Kier molecular flexibility index (Phi) is 4.57. The molecule has 0 radical (unpaired) electrons. The topological polar surface area (TPSA) is 56.8 Å². The zero-order chi connectivity index (χ0) is 17.1. The van der Waals surface area contributed by atoms with Crippen LogP contribution < -0.4 is 14.8 Å². The minimum atomic E-state index is -0.492. The van der Waals surface area contributed by atoms with E-state index in [2.05, 4.69) is 5.32 Å².